The molecule has 0 spiro atoms. The highest BCUT2D eigenvalue weighted by atomic mass is 127. The largest absolute Gasteiger partial charge is 0.416 e. The number of hydrogen-bond acceptors (Lipinski definition) is 3. The van der Waals surface area contributed by atoms with E-state index in [0.717, 1.165) is 18.6 Å². The van der Waals surface area contributed by atoms with Gasteiger partial charge in [0.25, 0.3) is 0 Å². The monoisotopic (exact) mass is 547 g/mol. The Morgan fingerprint density at radius 1 is 1.29 bits per heavy atom. The molecule has 2 heterocycles. The quantitative estimate of drug-likeness (QED) is 0.203. The van der Waals surface area contributed by atoms with E-state index in [2.05, 4.69) is 32.5 Å². The number of nitrogens with one attached hydrogen (secondary N) is 2. The number of hydrogen-bond donors (Lipinski definition) is 2. The first-order valence-corrected chi connectivity index (χ1v) is 9.35. The lowest BCUT2D eigenvalue weighted by atomic mass is 10.1. The van der Waals surface area contributed by atoms with Crippen LogP contribution in [0.5, 0.6) is 0 Å². The van der Waals surface area contributed by atoms with Gasteiger partial charge in [0, 0.05) is 37.9 Å². The van der Waals surface area contributed by atoms with Gasteiger partial charge in [-0.25, -0.2) is 9.37 Å². The second kappa shape index (κ2) is 11.2. The van der Waals surface area contributed by atoms with E-state index in [0.29, 0.717) is 30.4 Å². The Morgan fingerprint density at radius 2 is 2.10 bits per heavy atom. The lowest BCUT2D eigenvalue weighted by molar-refractivity contribution is -0.137. The summed E-state index contributed by atoms with van der Waals surface area (Å²) in [6, 6.07) is 7.87. The molecule has 10 heteroatoms. The molecule has 166 valence electrons. The molecule has 5 nitrogen and oxygen atoms in total. The Bertz CT molecular complexity index is 968. The van der Waals surface area contributed by atoms with Gasteiger partial charge in [-0.2, -0.15) is 13.2 Å². The van der Waals surface area contributed by atoms with Gasteiger partial charge < -0.3 is 15.5 Å². The third-order valence-corrected chi connectivity index (χ3v) is 4.56. The molecule has 0 radical (unpaired) electrons. The van der Waals surface area contributed by atoms with Gasteiger partial charge in [0.2, 0.25) is 0 Å². The summed E-state index contributed by atoms with van der Waals surface area (Å²) in [5.41, 5.74) is -0.437. The molecule has 31 heavy (non-hydrogen) atoms. The van der Waals surface area contributed by atoms with Gasteiger partial charge in [0.05, 0.1) is 12.1 Å². The summed E-state index contributed by atoms with van der Waals surface area (Å²) in [7, 11) is 1.61. The van der Waals surface area contributed by atoms with E-state index < -0.39 is 11.7 Å². The molecular weight excluding hydrogens is 525 g/mol. The first kappa shape index (κ1) is 24.7. The van der Waals surface area contributed by atoms with E-state index in [-0.39, 0.29) is 42.4 Å². The molecule has 1 aliphatic heterocycles. The molecule has 1 fully saturated rings. The van der Waals surface area contributed by atoms with Crippen molar-refractivity contribution in [2.75, 3.05) is 31.6 Å². The van der Waals surface area contributed by atoms with Crippen LogP contribution < -0.4 is 15.5 Å². The Kier molecular flexibility index (Phi) is 8.91. The van der Waals surface area contributed by atoms with E-state index in [1.54, 1.807) is 19.3 Å². The summed E-state index contributed by atoms with van der Waals surface area (Å²) >= 11 is 0. The SMILES string of the molecule is CN=C(NCC#Cc1cccc(C(F)(F)F)c1)NC1CCN(c2ncccc2F)C1.I. The fourth-order valence-electron chi connectivity index (χ4n) is 3.12. The van der Waals surface area contributed by atoms with E-state index >= 15 is 0 Å². The normalized spacial score (nSPS) is 16.2. The van der Waals surface area contributed by atoms with Crippen LogP contribution in [-0.4, -0.2) is 43.7 Å². The fraction of sp³-hybridized carbons (Fsp3) is 0.333. The van der Waals surface area contributed by atoms with Crippen LogP contribution in [0.2, 0.25) is 0 Å². The van der Waals surface area contributed by atoms with Gasteiger partial charge in [-0.05, 0) is 36.8 Å². The number of rotatable bonds is 3. The maximum absolute atomic E-state index is 13.9. The van der Waals surface area contributed by atoms with Crippen molar-refractivity contribution in [2.45, 2.75) is 18.6 Å². The average Bonchev–Trinajstić information content (AvgIpc) is 3.18. The Hall–Kier alpha value is -2.55. The van der Waals surface area contributed by atoms with Crippen LogP contribution in [0.15, 0.2) is 47.6 Å². The van der Waals surface area contributed by atoms with Gasteiger partial charge in [0.1, 0.15) is 0 Å². The molecule has 2 N–H and O–H groups in total. The number of aliphatic imine (C=N–C) groups is 1. The second-order valence-electron chi connectivity index (χ2n) is 6.69. The number of halogens is 5. The Labute approximate surface area is 195 Å². The van der Waals surface area contributed by atoms with Gasteiger partial charge >= 0.3 is 6.18 Å². The predicted molar refractivity (Wildman–Crippen MR) is 123 cm³/mol. The van der Waals surface area contributed by atoms with E-state index in [1.807, 2.05) is 4.90 Å². The van der Waals surface area contributed by atoms with Crippen LogP contribution in [0, 0.1) is 17.7 Å². The van der Waals surface area contributed by atoms with E-state index in [9.17, 15) is 17.6 Å². The van der Waals surface area contributed by atoms with Crippen LogP contribution in [0.3, 0.4) is 0 Å². The highest BCUT2D eigenvalue weighted by Gasteiger charge is 2.30. The lowest BCUT2D eigenvalue weighted by Gasteiger charge is -2.19. The number of anilines is 1. The number of benzene rings is 1. The molecule has 1 atom stereocenters. The van der Waals surface area contributed by atoms with E-state index in [4.69, 9.17) is 0 Å². The third-order valence-electron chi connectivity index (χ3n) is 4.56. The third kappa shape index (κ3) is 6.99. The first-order chi connectivity index (χ1) is 14.4. The van der Waals surface area contributed by atoms with Crippen molar-refractivity contribution in [1.29, 1.82) is 0 Å². The molecule has 1 saturated heterocycles. The Balaban J connectivity index is 0.00000341. The summed E-state index contributed by atoms with van der Waals surface area (Å²) < 4.78 is 52.1. The van der Waals surface area contributed by atoms with Gasteiger partial charge in [-0.1, -0.05) is 17.9 Å². The maximum Gasteiger partial charge on any atom is 0.416 e. The summed E-state index contributed by atoms with van der Waals surface area (Å²) in [4.78, 5) is 10.1. The van der Waals surface area contributed by atoms with Crippen LogP contribution in [0.1, 0.15) is 17.5 Å². The Morgan fingerprint density at radius 3 is 2.81 bits per heavy atom. The zero-order valence-corrected chi connectivity index (χ0v) is 19.0. The average molecular weight is 547 g/mol. The van der Waals surface area contributed by atoms with Crippen molar-refractivity contribution in [2.24, 2.45) is 4.99 Å². The number of pyridine rings is 1. The van der Waals surface area contributed by atoms with Gasteiger partial charge in [0.15, 0.2) is 17.6 Å². The molecule has 1 unspecified atom stereocenters. The number of aromatic nitrogens is 1. The molecule has 1 aromatic heterocycles. The molecule has 0 bridgehead atoms. The summed E-state index contributed by atoms with van der Waals surface area (Å²) in [5.74, 6) is 5.99. The summed E-state index contributed by atoms with van der Waals surface area (Å²) in [6.45, 7) is 1.45. The van der Waals surface area contributed by atoms with Crippen molar-refractivity contribution in [1.82, 2.24) is 15.6 Å². The van der Waals surface area contributed by atoms with Crippen molar-refractivity contribution < 1.29 is 17.6 Å². The standard InChI is InChI=1S/C21H21F4N5.HI/c1-26-20(28-11-3-6-15-5-2-7-16(13-15)21(23,24)25)29-17-9-12-30(14-17)19-18(22)8-4-10-27-19;/h2,4-5,7-8,10,13,17H,9,11-12,14H2,1H3,(H2,26,28,29);1H. The first-order valence-electron chi connectivity index (χ1n) is 9.35. The van der Waals surface area contributed by atoms with Gasteiger partial charge in [-0.3, -0.25) is 4.99 Å². The second-order valence-corrected chi connectivity index (χ2v) is 6.69. The molecule has 0 amide bonds. The predicted octanol–water partition coefficient (Wildman–Crippen LogP) is 3.65. The molecule has 2 aromatic rings. The molecule has 1 aromatic carbocycles. The number of nitrogens with zero attached hydrogens (tertiary/aromatic N) is 3. The zero-order valence-electron chi connectivity index (χ0n) is 16.7. The smallest absolute Gasteiger partial charge is 0.352 e. The van der Waals surface area contributed by atoms with Gasteiger partial charge in [-0.15, -0.1) is 24.0 Å². The molecule has 0 saturated carbocycles. The molecular formula is C21H22F4IN5. The van der Waals surface area contributed by atoms with Crippen LogP contribution in [0.25, 0.3) is 0 Å². The minimum atomic E-state index is -4.39. The minimum absolute atomic E-state index is 0. The molecule has 1 aliphatic rings. The highest BCUT2D eigenvalue weighted by Crippen LogP contribution is 2.29. The summed E-state index contributed by atoms with van der Waals surface area (Å²) in [5, 5.41) is 6.26. The van der Waals surface area contributed by atoms with Crippen molar-refractivity contribution in [3.05, 3.63) is 59.5 Å². The molecule has 3 rings (SSSR count). The number of alkyl halides is 3. The van der Waals surface area contributed by atoms with Crippen LogP contribution in [-0.2, 0) is 6.18 Å². The topological polar surface area (TPSA) is 52.6 Å². The van der Waals surface area contributed by atoms with Crippen LogP contribution >= 0.6 is 24.0 Å². The number of guanidine groups is 1. The summed E-state index contributed by atoms with van der Waals surface area (Å²) in [6.07, 6.45) is -2.05. The fourth-order valence-corrected chi connectivity index (χ4v) is 3.12. The van der Waals surface area contributed by atoms with Crippen molar-refractivity contribution >= 4 is 35.8 Å². The lowest BCUT2D eigenvalue weighted by Crippen LogP contribution is -2.44. The van der Waals surface area contributed by atoms with Crippen LogP contribution in [0.4, 0.5) is 23.4 Å². The van der Waals surface area contributed by atoms with E-state index in [1.165, 1.54) is 18.2 Å². The van der Waals surface area contributed by atoms with Crippen molar-refractivity contribution in [3.8, 4) is 11.8 Å². The zero-order chi connectivity index (χ0) is 21.6. The maximum atomic E-state index is 13.9. The minimum Gasteiger partial charge on any atom is -0.352 e. The highest BCUT2D eigenvalue weighted by molar-refractivity contribution is 14.0. The van der Waals surface area contributed by atoms with Crippen molar-refractivity contribution in [3.63, 3.8) is 0 Å². The molecule has 0 aliphatic carbocycles.